The number of hydrogen-bond acceptors (Lipinski definition) is 4. The summed E-state index contributed by atoms with van der Waals surface area (Å²) in [7, 11) is 0. The Morgan fingerprint density at radius 2 is 1.87 bits per heavy atom. The van der Waals surface area contributed by atoms with E-state index in [1.54, 1.807) is 6.92 Å². The van der Waals surface area contributed by atoms with Crippen molar-refractivity contribution in [1.29, 1.82) is 0 Å². The maximum atomic E-state index is 13.3. The molecule has 2 aromatic rings. The maximum absolute atomic E-state index is 13.3. The minimum atomic E-state index is -0.379. The molecule has 0 fully saturated rings. The Labute approximate surface area is 179 Å². The number of furan rings is 1. The van der Waals surface area contributed by atoms with Gasteiger partial charge in [-0.15, -0.1) is 0 Å². The van der Waals surface area contributed by atoms with E-state index in [4.69, 9.17) is 9.15 Å². The van der Waals surface area contributed by atoms with E-state index in [9.17, 15) is 9.59 Å². The number of benzene rings is 1. The van der Waals surface area contributed by atoms with Gasteiger partial charge in [0.25, 0.3) is 5.91 Å². The van der Waals surface area contributed by atoms with E-state index in [1.807, 2.05) is 49.1 Å². The zero-order valence-corrected chi connectivity index (χ0v) is 18.6. The van der Waals surface area contributed by atoms with Gasteiger partial charge in [-0.25, -0.2) is 4.79 Å². The van der Waals surface area contributed by atoms with Crippen molar-refractivity contribution >= 4 is 11.9 Å². The Kier molecular flexibility index (Phi) is 9.61. The smallest absolute Gasteiger partial charge is 0.364 e. The lowest BCUT2D eigenvalue weighted by Gasteiger charge is -2.27. The summed E-state index contributed by atoms with van der Waals surface area (Å²) < 4.78 is 10.9. The normalized spacial score (nSPS) is 12.9. The summed E-state index contributed by atoms with van der Waals surface area (Å²) in [5, 5.41) is 0. The summed E-state index contributed by atoms with van der Waals surface area (Å²) in [6, 6.07) is 13.6. The van der Waals surface area contributed by atoms with E-state index >= 15 is 0 Å². The molecule has 1 unspecified atom stereocenters. The minimum Gasteiger partial charge on any atom is -0.464 e. The van der Waals surface area contributed by atoms with Gasteiger partial charge in [-0.05, 0) is 51.3 Å². The van der Waals surface area contributed by atoms with Crippen LogP contribution in [-0.4, -0.2) is 49.1 Å². The first kappa shape index (κ1) is 23.7. The molecule has 164 valence electrons. The number of nitrogens with one attached hydrogen (secondary N) is 1. The molecule has 1 aromatic carbocycles. The van der Waals surface area contributed by atoms with Crippen molar-refractivity contribution in [3.05, 3.63) is 59.5 Å². The quantitative estimate of drug-likeness (QED) is 0.541. The number of carbonyl (C=O) groups is 2. The van der Waals surface area contributed by atoms with Crippen LogP contribution in [0.15, 0.2) is 46.9 Å². The zero-order valence-electron chi connectivity index (χ0n) is 18.6. The molecule has 0 aliphatic heterocycles. The molecule has 6 heteroatoms. The Bertz CT molecular complexity index is 788. The van der Waals surface area contributed by atoms with Crippen LogP contribution in [0.3, 0.4) is 0 Å². The summed E-state index contributed by atoms with van der Waals surface area (Å²) in [6.07, 6.45) is 1.65. The summed E-state index contributed by atoms with van der Waals surface area (Å²) >= 11 is 0. The number of nitrogens with zero attached hydrogens (tertiary/aromatic N) is 1. The minimum absolute atomic E-state index is 0.0135. The lowest BCUT2D eigenvalue weighted by molar-refractivity contribution is -0.907. The molecular formula is C24H35N2O4+. The van der Waals surface area contributed by atoms with E-state index in [0.717, 1.165) is 35.8 Å². The number of quaternary nitrogens is 1. The van der Waals surface area contributed by atoms with Gasteiger partial charge in [0.1, 0.15) is 11.5 Å². The predicted octanol–water partition coefficient (Wildman–Crippen LogP) is 2.41. The van der Waals surface area contributed by atoms with Crippen LogP contribution in [0, 0.1) is 6.92 Å². The molecule has 0 saturated heterocycles. The highest BCUT2D eigenvalue weighted by Gasteiger charge is 2.29. The lowest BCUT2D eigenvalue weighted by Crippen LogP contribution is -3.17. The first-order valence-corrected chi connectivity index (χ1v) is 10.8. The number of aryl methyl sites for hydroxylation is 1. The molecule has 2 atom stereocenters. The zero-order chi connectivity index (χ0) is 21.9. The fraction of sp³-hybridized carbons (Fsp3) is 0.500. The lowest BCUT2D eigenvalue weighted by atomic mass is 10.1. The second-order valence-corrected chi connectivity index (χ2v) is 7.62. The summed E-state index contributed by atoms with van der Waals surface area (Å²) in [6.45, 7) is 9.93. The van der Waals surface area contributed by atoms with Crippen molar-refractivity contribution < 1.29 is 23.6 Å². The Morgan fingerprint density at radius 1 is 1.13 bits per heavy atom. The van der Waals surface area contributed by atoms with Crippen molar-refractivity contribution in [1.82, 2.24) is 4.90 Å². The van der Waals surface area contributed by atoms with Gasteiger partial charge >= 0.3 is 5.97 Å². The Balaban J connectivity index is 2.11. The summed E-state index contributed by atoms with van der Waals surface area (Å²) in [5.74, 6) is 1.35. The molecule has 30 heavy (non-hydrogen) atoms. The maximum Gasteiger partial charge on any atom is 0.364 e. The van der Waals surface area contributed by atoms with Crippen LogP contribution in [-0.2, 0) is 27.3 Å². The van der Waals surface area contributed by atoms with E-state index in [2.05, 4.69) is 19.1 Å². The van der Waals surface area contributed by atoms with Gasteiger partial charge in [-0.3, -0.25) is 4.79 Å². The molecule has 0 saturated carbocycles. The third kappa shape index (κ3) is 7.34. The highest BCUT2D eigenvalue weighted by atomic mass is 16.5. The fourth-order valence-electron chi connectivity index (χ4n) is 3.48. The van der Waals surface area contributed by atoms with Crippen LogP contribution in [0.25, 0.3) is 0 Å². The third-order valence-electron chi connectivity index (χ3n) is 5.21. The average molecular weight is 416 g/mol. The van der Waals surface area contributed by atoms with Gasteiger partial charge in [-0.1, -0.05) is 37.3 Å². The average Bonchev–Trinajstić information content (AvgIpc) is 3.15. The SMILES string of the molecule is CCC[NH+](CC(=O)N(CCc1ccccc1)Cc1ccc(C)o1)[C@@H](C)C(=O)OCC. The topological polar surface area (TPSA) is 64.2 Å². The molecule has 2 rings (SSSR count). The van der Waals surface area contributed by atoms with Crippen LogP contribution in [0.4, 0.5) is 0 Å². The molecule has 0 bridgehead atoms. The van der Waals surface area contributed by atoms with Crippen LogP contribution in [0.5, 0.6) is 0 Å². The second-order valence-electron chi connectivity index (χ2n) is 7.62. The van der Waals surface area contributed by atoms with Crippen molar-refractivity contribution in [3.63, 3.8) is 0 Å². The van der Waals surface area contributed by atoms with Gasteiger partial charge in [-0.2, -0.15) is 0 Å². The summed E-state index contributed by atoms with van der Waals surface area (Å²) in [5.41, 5.74) is 1.18. The van der Waals surface area contributed by atoms with Crippen molar-refractivity contribution in [2.24, 2.45) is 0 Å². The first-order valence-electron chi connectivity index (χ1n) is 10.8. The first-order chi connectivity index (χ1) is 14.4. The molecule has 0 aliphatic carbocycles. The number of esters is 1. The van der Waals surface area contributed by atoms with E-state index in [1.165, 1.54) is 5.56 Å². The highest BCUT2D eigenvalue weighted by molar-refractivity contribution is 5.78. The van der Waals surface area contributed by atoms with Crippen molar-refractivity contribution in [2.75, 3.05) is 26.2 Å². The summed E-state index contributed by atoms with van der Waals surface area (Å²) in [4.78, 5) is 28.3. The van der Waals surface area contributed by atoms with Gasteiger partial charge in [0.05, 0.1) is 19.7 Å². The fourth-order valence-corrected chi connectivity index (χ4v) is 3.48. The molecule has 1 amide bonds. The number of amides is 1. The molecule has 0 aliphatic rings. The van der Waals surface area contributed by atoms with E-state index < -0.39 is 0 Å². The third-order valence-corrected chi connectivity index (χ3v) is 5.21. The highest BCUT2D eigenvalue weighted by Crippen LogP contribution is 2.11. The number of hydrogen-bond donors (Lipinski definition) is 1. The number of ether oxygens (including phenoxy) is 1. The molecule has 6 nitrogen and oxygen atoms in total. The monoisotopic (exact) mass is 415 g/mol. The predicted molar refractivity (Wildman–Crippen MR) is 116 cm³/mol. The molecule has 0 spiro atoms. The Morgan fingerprint density at radius 3 is 2.47 bits per heavy atom. The van der Waals surface area contributed by atoms with Crippen molar-refractivity contribution in [3.8, 4) is 0 Å². The number of rotatable bonds is 12. The second kappa shape index (κ2) is 12.2. The molecule has 0 radical (unpaired) electrons. The number of carbonyl (C=O) groups excluding carboxylic acids is 2. The van der Waals surface area contributed by atoms with Gasteiger partial charge in [0, 0.05) is 6.54 Å². The molecule has 1 aromatic heterocycles. The Hall–Kier alpha value is -2.60. The van der Waals surface area contributed by atoms with E-state index in [-0.39, 0.29) is 24.5 Å². The van der Waals surface area contributed by atoms with Gasteiger partial charge in [0.15, 0.2) is 12.6 Å². The van der Waals surface area contributed by atoms with E-state index in [0.29, 0.717) is 19.7 Å². The van der Waals surface area contributed by atoms with Gasteiger partial charge < -0.3 is 19.0 Å². The van der Waals surface area contributed by atoms with Crippen LogP contribution >= 0.6 is 0 Å². The van der Waals surface area contributed by atoms with Crippen LogP contribution in [0.2, 0.25) is 0 Å². The molecule has 1 heterocycles. The standard InChI is InChI=1S/C24H34N2O4/c1-5-15-25(20(4)24(28)29-6-2)18-23(27)26(17-22-13-12-19(3)30-22)16-14-21-10-8-7-9-11-21/h7-13,20H,5-6,14-18H2,1-4H3/p+1/t20-/m0/s1. The van der Waals surface area contributed by atoms with Crippen LogP contribution in [0.1, 0.15) is 44.3 Å². The molecule has 1 N–H and O–H groups in total. The van der Waals surface area contributed by atoms with Crippen LogP contribution < -0.4 is 4.90 Å². The van der Waals surface area contributed by atoms with Gasteiger partial charge in [0.2, 0.25) is 0 Å². The largest absolute Gasteiger partial charge is 0.464 e. The van der Waals surface area contributed by atoms with Crippen molar-refractivity contribution in [2.45, 2.75) is 53.1 Å². The molecular weight excluding hydrogens is 380 g/mol.